The van der Waals surface area contributed by atoms with Gasteiger partial charge in [0.1, 0.15) is 6.29 Å². The molecule has 3 heterocycles. The molecule has 22 heavy (non-hydrogen) atoms. The van der Waals surface area contributed by atoms with Gasteiger partial charge in [0.05, 0.1) is 6.04 Å². The van der Waals surface area contributed by atoms with Gasteiger partial charge in [0.15, 0.2) is 0 Å². The van der Waals surface area contributed by atoms with Crippen molar-refractivity contribution >= 4 is 17.2 Å². The van der Waals surface area contributed by atoms with Gasteiger partial charge in [-0.1, -0.05) is 29.8 Å². The summed E-state index contributed by atoms with van der Waals surface area (Å²) in [7, 11) is 0. The smallest absolute Gasteiger partial charge is 0.120 e. The van der Waals surface area contributed by atoms with Gasteiger partial charge in [0.25, 0.3) is 0 Å². The Morgan fingerprint density at radius 2 is 2.23 bits per heavy atom. The zero-order chi connectivity index (χ0) is 15.1. The number of carbonyl (C=O) groups excluding carboxylic acids is 1. The molecule has 1 N–H and O–H groups in total. The number of nitrogens with one attached hydrogen (secondary N) is 1. The molecule has 1 fully saturated rings. The van der Waals surface area contributed by atoms with Crippen molar-refractivity contribution in [2.24, 2.45) is 5.92 Å². The minimum atomic E-state index is 0.404. The maximum Gasteiger partial charge on any atom is 0.120 e. The Hall–Kier alpha value is -1.87. The third kappa shape index (κ3) is 2.03. The van der Waals surface area contributed by atoms with Crippen molar-refractivity contribution in [1.29, 1.82) is 0 Å². The maximum absolute atomic E-state index is 11.0. The summed E-state index contributed by atoms with van der Waals surface area (Å²) in [6.45, 7) is 4.23. The van der Waals surface area contributed by atoms with Crippen molar-refractivity contribution in [3.8, 4) is 0 Å². The molecular weight excluding hydrogens is 272 g/mol. The largest absolute Gasteiger partial charge is 0.357 e. The molecule has 1 aromatic heterocycles. The summed E-state index contributed by atoms with van der Waals surface area (Å²) in [5, 5.41) is 1.38. The molecular formula is C19H22N2O. The van der Waals surface area contributed by atoms with Gasteiger partial charge in [0, 0.05) is 36.1 Å². The lowest BCUT2D eigenvalue weighted by molar-refractivity contribution is -0.108. The minimum absolute atomic E-state index is 0.404. The number of hydrogen-bond donors (Lipinski definition) is 1. The Morgan fingerprint density at radius 1 is 1.36 bits per heavy atom. The van der Waals surface area contributed by atoms with Crippen LogP contribution in [0.3, 0.4) is 0 Å². The predicted octanol–water partition coefficient (Wildman–Crippen LogP) is 3.62. The highest BCUT2D eigenvalue weighted by atomic mass is 16.1. The molecule has 0 radical (unpaired) electrons. The summed E-state index contributed by atoms with van der Waals surface area (Å²) in [5.74, 6) is 0.404. The van der Waals surface area contributed by atoms with Gasteiger partial charge in [-0.05, 0) is 37.3 Å². The number of piperidine rings is 1. The summed E-state index contributed by atoms with van der Waals surface area (Å²) >= 11 is 0. The molecule has 0 aliphatic carbocycles. The first kappa shape index (κ1) is 13.8. The number of aldehydes is 1. The van der Waals surface area contributed by atoms with Crippen molar-refractivity contribution in [2.45, 2.75) is 32.2 Å². The van der Waals surface area contributed by atoms with Crippen LogP contribution >= 0.6 is 0 Å². The Labute approximate surface area is 131 Å². The van der Waals surface area contributed by atoms with E-state index in [-0.39, 0.29) is 0 Å². The summed E-state index contributed by atoms with van der Waals surface area (Å²) in [5.41, 5.74) is 5.56. The molecule has 2 atom stereocenters. The first-order valence-electron chi connectivity index (χ1n) is 8.24. The number of H-pyrrole nitrogens is 1. The molecule has 1 aromatic carbocycles. The molecule has 114 valence electrons. The van der Waals surface area contributed by atoms with E-state index in [2.05, 4.69) is 47.1 Å². The van der Waals surface area contributed by atoms with E-state index >= 15 is 0 Å². The highest BCUT2D eigenvalue weighted by Crippen LogP contribution is 2.43. The first-order valence-corrected chi connectivity index (χ1v) is 8.24. The van der Waals surface area contributed by atoms with Crippen LogP contribution in [0, 0.1) is 5.92 Å². The number of hydrogen-bond acceptors (Lipinski definition) is 2. The zero-order valence-electron chi connectivity index (χ0n) is 13.0. The lowest BCUT2D eigenvalue weighted by atomic mass is 9.80. The highest BCUT2D eigenvalue weighted by molar-refractivity contribution is 5.85. The van der Waals surface area contributed by atoms with Crippen LogP contribution in [0.2, 0.25) is 0 Å². The Morgan fingerprint density at radius 3 is 3.05 bits per heavy atom. The zero-order valence-corrected chi connectivity index (χ0v) is 13.0. The molecule has 0 amide bonds. The van der Waals surface area contributed by atoms with Gasteiger partial charge < -0.3 is 9.78 Å². The highest BCUT2D eigenvalue weighted by Gasteiger charge is 2.37. The van der Waals surface area contributed by atoms with Crippen LogP contribution in [0.5, 0.6) is 0 Å². The Kier molecular flexibility index (Phi) is 3.38. The van der Waals surface area contributed by atoms with Gasteiger partial charge >= 0.3 is 0 Å². The molecule has 0 bridgehead atoms. The van der Waals surface area contributed by atoms with E-state index in [0.29, 0.717) is 18.4 Å². The normalized spacial score (nSPS) is 26.9. The third-order valence-corrected chi connectivity index (χ3v) is 5.44. The van der Waals surface area contributed by atoms with Crippen molar-refractivity contribution in [2.75, 3.05) is 13.1 Å². The molecule has 1 saturated heterocycles. The molecule has 2 aliphatic heterocycles. The molecule has 2 aromatic rings. The quantitative estimate of drug-likeness (QED) is 0.678. The number of nitrogens with zero attached hydrogens (tertiary/aromatic N) is 1. The topological polar surface area (TPSA) is 36.1 Å². The van der Waals surface area contributed by atoms with Gasteiger partial charge in [0.2, 0.25) is 0 Å². The summed E-state index contributed by atoms with van der Waals surface area (Å²) in [4.78, 5) is 17.3. The van der Waals surface area contributed by atoms with E-state index in [9.17, 15) is 4.79 Å². The van der Waals surface area contributed by atoms with E-state index in [1.165, 1.54) is 27.7 Å². The molecule has 0 saturated carbocycles. The Balaban J connectivity index is 1.75. The van der Waals surface area contributed by atoms with Crippen LogP contribution in [0.25, 0.3) is 10.9 Å². The van der Waals surface area contributed by atoms with Crippen LogP contribution in [0.4, 0.5) is 0 Å². The number of allylic oxidation sites excluding steroid dienone is 1. The van der Waals surface area contributed by atoms with Gasteiger partial charge in [-0.3, -0.25) is 4.90 Å². The fourth-order valence-corrected chi connectivity index (χ4v) is 4.30. The van der Waals surface area contributed by atoms with Crippen LogP contribution in [0.15, 0.2) is 35.9 Å². The SMILES string of the molecule is C/C=C1/CN2CCc3c([nH]c4ccccc34)[C@@H]2C[C@H]1CC=O. The van der Waals surface area contributed by atoms with E-state index in [1.807, 2.05) is 0 Å². The van der Waals surface area contributed by atoms with E-state index in [1.54, 1.807) is 0 Å². The summed E-state index contributed by atoms with van der Waals surface area (Å²) in [6, 6.07) is 9.04. The van der Waals surface area contributed by atoms with E-state index < -0.39 is 0 Å². The number of benzene rings is 1. The van der Waals surface area contributed by atoms with Gasteiger partial charge in [-0.2, -0.15) is 0 Å². The van der Waals surface area contributed by atoms with Crippen LogP contribution in [0.1, 0.15) is 37.1 Å². The molecule has 2 aliphatic rings. The second-order valence-electron chi connectivity index (χ2n) is 6.50. The second-order valence-corrected chi connectivity index (χ2v) is 6.50. The van der Waals surface area contributed by atoms with Crippen LogP contribution < -0.4 is 0 Å². The number of rotatable bonds is 2. The lowest BCUT2D eigenvalue weighted by Gasteiger charge is -2.43. The van der Waals surface area contributed by atoms with Crippen molar-refractivity contribution in [3.63, 3.8) is 0 Å². The molecule has 0 unspecified atom stereocenters. The number of aromatic nitrogens is 1. The fraction of sp³-hybridized carbons (Fsp3) is 0.421. The maximum atomic E-state index is 11.0. The molecule has 4 rings (SSSR count). The fourth-order valence-electron chi connectivity index (χ4n) is 4.30. The Bertz CT molecular complexity index is 743. The van der Waals surface area contributed by atoms with E-state index in [0.717, 1.165) is 32.2 Å². The average Bonchev–Trinajstić information content (AvgIpc) is 2.93. The average molecular weight is 294 g/mol. The van der Waals surface area contributed by atoms with Crippen LogP contribution in [-0.4, -0.2) is 29.3 Å². The number of aromatic amines is 1. The summed E-state index contributed by atoms with van der Waals surface area (Å²) < 4.78 is 0. The third-order valence-electron chi connectivity index (χ3n) is 5.44. The number of para-hydroxylation sites is 1. The predicted molar refractivity (Wildman–Crippen MR) is 88.9 cm³/mol. The first-order chi connectivity index (χ1) is 10.8. The molecule has 3 nitrogen and oxygen atoms in total. The number of fused-ring (bicyclic) bond motifs is 5. The molecule has 3 heteroatoms. The second kappa shape index (κ2) is 5.40. The van der Waals surface area contributed by atoms with Crippen molar-refractivity contribution in [3.05, 3.63) is 47.2 Å². The lowest BCUT2D eigenvalue weighted by Crippen LogP contribution is -2.42. The molecule has 0 spiro atoms. The minimum Gasteiger partial charge on any atom is -0.357 e. The van der Waals surface area contributed by atoms with Crippen molar-refractivity contribution in [1.82, 2.24) is 9.88 Å². The monoisotopic (exact) mass is 294 g/mol. The van der Waals surface area contributed by atoms with Crippen molar-refractivity contribution < 1.29 is 4.79 Å². The van der Waals surface area contributed by atoms with Gasteiger partial charge in [-0.15, -0.1) is 0 Å². The number of carbonyl (C=O) groups is 1. The summed E-state index contributed by atoms with van der Waals surface area (Å²) in [6.07, 6.45) is 6.12. The van der Waals surface area contributed by atoms with Crippen LogP contribution in [-0.2, 0) is 11.2 Å². The van der Waals surface area contributed by atoms with Gasteiger partial charge in [-0.25, -0.2) is 0 Å². The standard InChI is InChI=1S/C19H22N2O/c1-2-13-12-21-9-7-16-15-5-3-4-6-17(15)20-19(16)18(21)11-14(13)8-10-22/h2-6,10,14,18,20H,7-9,11-12H2,1H3/b13-2-/t14-,18+/m1/s1. The van der Waals surface area contributed by atoms with E-state index in [4.69, 9.17) is 0 Å².